The first-order valence-electron chi connectivity index (χ1n) is 12.9. The lowest BCUT2D eigenvalue weighted by Crippen LogP contribution is -2.56. The molecular weight excluding hydrogens is 484 g/mol. The van der Waals surface area contributed by atoms with Crippen molar-refractivity contribution in [2.24, 2.45) is 0 Å². The maximum Gasteiger partial charge on any atom is 0.407 e. The van der Waals surface area contributed by atoms with Crippen LogP contribution in [0, 0.1) is 6.92 Å². The lowest BCUT2D eigenvalue weighted by Gasteiger charge is -2.38. The second-order valence-electron chi connectivity index (χ2n) is 10.1. The first-order valence-corrected chi connectivity index (χ1v) is 13.7. The summed E-state index contributed by atoms with van der Waals surface area (Å²) in [6.07, 6.45) is 1.70. The Morgan fingerprint density at radius 1 is 1.08 bits per heavy atom. The third-order valence-electron chi connectivity index (χ3n) is 7.26. The van der Waals surface area contributed by atoms with Crippen molar-refractivity contribution >= 4 is 29.0 Å². The molecule has 0 spiro atoms. The Morgan fingerprint density at radius 2 is 1.86 bits per heavy atom. The summed E-state index contributed by atoms with van der Waals surface area (Å²) in [7, 11) is 0. The smallest absolute Gasteiger partial charge is 0.407 e. The number of likely N-dealkylation sites (tertiary alicyclic amines) is 2. The number of aryl methyl sites for hydroxylation is 1. The molecule has 2 amide bonds. The van der Waals surface area contributed by atoms with Gasteiger partial charge in [0, 0.05) is 40.6 Å². The van der Waals surface area contributed by atoms with Crippen molar-refractivity contribution in [2.75, 3.05) is 31.5 Å². The molecule has 37 heavy (non-hydrogen) atoms. The van der Waals surface area contributed by atoms with Gasteiger partial charge in [0.25, 0.3) is 5.91 Å². The molecule has 8 heteroatoms. The Kier molecular flexibility index (Phi) is 7.48. The molecule has 0 unspecified atom stereocenters. The zero-order valence-corrected chi connectivity index (χ0v) is 22.2. The van der Waals surface area contributed by atoms with Gasteiger partial charge in [0.1, 0.15) is 0 Å². The Labute approximate surface area is 222 Å². The zero-order valence-electron chi connectivity index (χ0n) is 21.4. The highest BCUT2D eigenvalue weighted by molar-refractivity contribution is 7.15. The molecule has 2 aromatic carbocycles. The number of carbonyl (C=O) groups excluding carboxylic acids is 1. The molecule has 0 aliphatic carbocycles. The average Bonchev–Trinajstić information content (AvgIpc) is 3.54. The monoisotopic (exact) mass is 518 g/mol. The van der Waals surface area contributed by atoms with Gasteiger partial charge in [0.05, 0.1) is 12.1 Å². The molecule has 3 N–H and O–H groups in total. The number of hydrogen-bond donors (Lipinski definition) is 3. The van der Waals surface area contributed by atoms with Gasteiger partial charge in [0.2, 0.25) is 0 Å². The van der Waals surface area contributed by atoms with Gasteiger partial charge < -0.3 is 20.6 Å². The fraction of sp³-hybridized carbons (Fsp3) is 0.379. The third-order valence-corrected chi connectivity index (χ3v) is 8.38. The number of nitrogens with zero attached hydrogens (tertiary/aromatic N) is 2. The maximum absolute atomic E-state index is 13.2. The molecule has 0 saturated carbocycles. The van der Waals surface area contributed by atoms with Crippen LogP contribution in [-0.2, 0) is 6.54 Å². The molecule has 3 aromatic rings. The van der Waals surface area contributed by atoms with Crippen molar-refractivity contribution < 1.29 is 14.7 Å². The second-order valence-corrected chi connectivity index (χ2v) is 11.3. The Bertz CT molecular complexity index is 1280. The van der Waals surface area contributed by atoms with E-state index in [1.165, 1.54) is 46.1 Å². The molecule has 3 heterocycles. The minimum Gasteiger partial charge on any atom is -0.465 e. The van der Waals surface area contributed by atoms with Crippen LogP contribution < -0.4 is 10.6 Å². The van der Waals surface area contributed by atoms with Crippen LogP contribution in [0.3, 0.4) is 0 Å². The minimum absolute atomic E-state index is 0.0597. The van der Waals surface area contributed by atoms with Crippen molar-refractivity contribution in [3.63, 3.8) is 0 Å². The van der Waals surface area contributed by atoms with Gasteiger partial charge in [-0.15, -0.1) is 11.3 Å². The van der Waals surface area contributed by atoms with Crippen LogP contribution in [0.15, 0.2) is 54.6 Å². The predicted molar refractivity (Wildman–Crippen MR) is 148 cm³/mol. The minimum atomic E-state index is -0.901. The predicted octanol–water partition coefficient (Wildman–Crippen LogP) is 5.58. The molecular formula is C29H34N4O3S. The molecule has 0 radical (unpaired) electrons. The van der Waals surface area contributed by atoms with Gasteiger partial charge in [-0.1, -0.05) is 24.3 Å². The molecule has 1 atom stereocenters. The lowest BCUT2D eigenvalue weighted by molar-refractivity contribution is 0.0939. The van der Waals surface area contributed by atoms with Crippen molar-refractivity contribution in [1.82, 2.24) is 15.1 Å². The van der Waals surface area contributed by atoms with E-state index in [2.05, 4.69) is 51.9 Å². The van der Waals surface area contributed by atoms with Crippen molar-refractivity contribution in [3.8, 4) is 10.4 Å². The van der Waals surface area contributed by atoms with Crippen LogP contribution in [0.4, 0.5) is 10.5 Å². The molecule has 2 aliphatic rings. The molecule has 2 fully saturated rings. The summed E-state index contributed by atoms with van der Waals surface area (Å²) in [5, 5.41) is 15.5. The maximum atomic E-state index is 13.2. The van der Waals surface area contributed by atoms with E-state index in [0.717, 1.165) is 23.4 Å². The summed E-state index contributed by atoms with van der Waals surface area (Å²) >= 11 is 1.85. The van der Waals surface area contributed by atoms with Crippen LogP contribution in [-0.4, -0.2) is 59.1 Å². The number of amides is 2. The Hall–Kier alpha value is -3.36. The quantitative estimate of drug-likeness (QED) is 0.362. The summed E-state index contributed by atoms with van der Waals surface area (Å²) in [5.41, 5.74) is 4.58. The van der Waals surface area contributed by atoms with Crippen LogP contribution in [0.2, 0.25) is 0 Å². The molecule has 2 saturated heterocycles. The third kappa shape index (κ3) is 5.97. The van der Waals surface area contributed by atoms with Gasteiger partial charge >= 0.3 is 6.09 Å². The number of carboxylic acid groups (broad SMARTS) is 1. The first kappa shape index (κ1) is 25.3. The highest BCUT2D eigenvalue weighted by Gasteiger charge is 2.30. The Morgan fingerprint density at radius 3 is 2.62 bits per heavy atom. The highest BCUT2D eigenvalue weighted by atomic mass is 32.1. The van der Waals surface area contributed by atoms with E-state index in [0.29, 0.717) is 18.7 Å². The lowest BCUT2D eigenvalue weighted by atomic mass is 10.0. The van der Waals surface area contributed by atoms with Crippen molar-refractivity contribution in [2.45, 2.75) is 45.3 Å². The van der Waals surface area contributed by atoms with E-state index in [4.69, 9.17) is 5.11 Å². The zero-order chi connectivity index (χ0) is 25.9. The topological polar surface area (TPSA) is 84.9 Å². The van der Waals surface area contributed by atoms with Gasteiger partial charge in [-0.3, -0.25) is 9.69 Å². The van der Waals surface area contributed by atoms with Gasteiger partial charge in [-0.05, 0) is 86.8 Å². The number of nitrogens with one attached hydrogen (secondary N) is 2. The molecule has 0 bridgehead atoms. The fourth-order valence-electron chi connectivity index (χ4n) is 5.02. The van der Waals surface area contributed by atoms with Crippen LogP contribution in [0.1, 0.15) is 52.2 Å². The number of benzene rings is 2. The van der Waals surface area contributed by atoms with Gasteiger partial charge in [-0.25, -0.2) is 4.79 Å². The van der Waals surface area contributed by atoms with Crippen LogP contribution >= 0.6 is 11.3 Å². The van der Waals surface area contributed by atoms with E-state index in [1.807, 2.05) is 43.4 Å². The number of anilines is 1. The van der Waals surface area contributed by atoms with Crippen molar-refractivity contribution in [1.29, 1.82) is 0 Å². The molecule has 5 rings (SSSR count). The average molecular weight is 519 g/mol. The van der Waals surface area contributed by atoms with Gasteiger partial charge in [-0.2, -0.15) is 0 Å². The summed E-state index contributed by atoms with van der Waals surface area (Å²) < 4.78 is 0. The summed E-state index contributed by atoms with van der Waals surface area (Å²) in [5.74, 6) is -0.121. The second kappa shape index (κ2) is 10.9. The summed E-state index contributed by atoms with van der Waals surface area (Å²) in [4.78, 5) is 30.7. The summed E-state index contributed by atoms with van der Waals surface area (Å²) in [6.45, 7) is 8.25. The van der Waals surface area contributed by atoms with E-state index in [-0.39, 0.29) is 18.0 Å². The molecule has 194 valence electrons. The van der Waals surface area contributed by atoms with E-state index in [9.17, 15) is 9.59 Å². The molecule has 1 aromatic heterocycles. The van der Waals surface area contributed by atoms with Gasteiger partial charge in [0.15, 0.2) is 0 Å². The normalized spacial score (nSPS) is 16.9. The summed E-state index contributed by atoms with van der Waals surface area (Å²) in [6, 6.07) is 18.5. The molecule has 2 aliphatic heterocycles. The fourth-order valence-corrected chi connectivity index (χ4v) is 6.06. The number of hydrogen-bond acceptors (Lipinski definition) is 5. The van der Waals surface area contributed by atoms with Crippen LogP contribution in [0.5, 0.6) is 0 Å². The SMILES string of the molecule is Cc1ccc(NC2CN(C(=O)O)C2)cc1C(=O)N[C@H](C)c1cccc(-c2ccc(CN3CCCC3)s2)c1. The van der Waals surface area contributed by atoms with Crippen LogP contribution in [0.25, 0.3) is 10.4 Å². The largest absolute Gasteiger partial charge is 0.465 e. The van der Waals surface area contributed by atoms with Crippen molar-refractivity contribution in [3.05, 3.63) is 76.2 Å². The van der Waals surface area contributed by atoms with E-state index >= 15 is 0 Å². The number of carbonyl (C=O) groups is 2. The standard InChI is InChI=1S/C29H34N4O3S/c1-19-8-9-23(31-24-16-33(17-24)29(35)36)15-26(19)28(34)30-20(2)21-6-5-7-22(14-21)27-11-10-25(37-27)18-32-12-3-4-13-32/h5-11,14-15,20,24,31H,3-4,12-13,16-18H2,1-2H3,(H,30,34)(H,35,36)/t20-/m1/s1. The highest BCUT2D eigenvalue weighted by Crippen LogP contribution is 2.31. The van der Waals surface area contributed by atoms with E-state index in [1.54, 1.807) is 0 Å². The molecule has 7 nitrogen and oxygen atoms in total. The number of rotatable bonds is 8. The Balaban J connectivity index is 1.23. The van der Waals surface area contributed by atoms with E-state index < -0.39 is 6.09 Å². The first-order chi connectivity index (χ1) is 17.9. The number of thiophene rings is 1.